The molecule has 102 valence electrons. The van der Waals surface area contributed by atoms with Gasteiger partial charge in [0.05, 0.1) is 0 Å². The Morgan fingerprint density at radius 1 is 0.944 bits per heavy atom. The molecule has 1 aromatic rings. The maximum Gasteiger partial charge on any atom is 0.251 e. The molecular formula is C16H28OSi. The van der Waals surface area contributed by atoms with Gasteiger partial charge in [-0.1, -0.05) is 52.2 Å². The molecular weight excluding hydrogens is 236 g/mol. The standard InChI is InChI=1S/C16H28OSi/c1-5-11-18(12-6-2,13-7-3)17-16-10-8-9-15(4)14-16/h8-10,14H,5-7,11-13H2,1-4H3. The average Bonchev–Trinajstić information content (AvgIpc) is 2.30. The zero-order valence-corrected chi connectivity index (χ0v) is 13.5. The summed E-state index contributed by atoms with van der Waals surface area (Å²) in [5.41, 5.74) is 1.29. The van der Waals surface area contributed by atoms with Gasteiger partial charge in [0.15, 0.2) is 0 Å². The first-order valence-electron chi connectivity index (χ1n) is 7.41. The van der Waals surface area contributed by atoms with Gasteiger partial charge < -0.3 is 4.43 Å². The highest BCUT2D eigenvalue weighted by molar-refractivity contribution is 6.74. The predicted octanol–water partition coefficient (Wildman–Crippen LogP) is 5.55. The Morgan fingerprint density at radius 3 is 1.94 bits per heavy atom. The second kappa shape index (κ2) is 7.62. The first-order chi connectivity index (χ1) is 8.65. The molecule has 1 nitrogen and oxygen atoms in total. The molecule has 1 rings (SSSR count). The van der Waals surface area contributed by atoms with Crippen molar-refractivity contribution in [3.05, 3.63) is 29.8 Å². The van der Waals surface area contributed by atoms with Crippen LogP contribution in [0.15, 0.2) is 24.3 Å². The lowest BCUT2D eigenvalue weighted by molar-refractivity contribution is 0.518. The molecule has 0 N–H and O–H groups in total. The van der Waals surface area contributed by atoms with Crippen LogP contribution >= 0.6 is 0 Å². The number of benzene rings is 1. The van der Waals surface area contributed by atoms with Gasteiger partial charge in [-0.3, -0.25) is 0 Å². The third-order valence-electron chi connectivity index (χ3n) is 3.44. The summed E-state index contributed by atoms with van der Waals surface area (Å²) < 4.78 is 6.54. The smallest absolute Gasteiger partial charge is 0.251 e. The van der Waals surface area contributed by atoms with Gasteiger partial charge in [0.1, 0.15) is 5.75 Å². The molecule has 0 radical (unpaired) electrons. The van der Waals surface area contributed by atoms with Crippen molar-refractivity contribution >= 4 is 8.32 Å². The number of aryl methyl sites for hydroxylation is 1. The summed E-state index contributed by atoms with van der Waals surface area (Å²) in [6.45, 7) is 8.99. The van der Waals surface area contributed by atoms with Gasteiger partial charge in [0.25, 0.3) is 8.32 Å². The van der Waals surface area contributed by atoms with Crippen molar-refractivity contribution in [3.8, 4) is 5.75 Å². The topological polar surface area (TPSA) is 9.23 Å². The fourth-order valence-corrected chi connectivity index (χ4v) is 7.24. The summed E-state index contributed by atoms with van der Waals surface area (Å²) in [5, 5.41) is 0. The third-order valence-corrected chi connectivity index (χ3v) is 8.34. The predicted molar refractivity (Wildman–Crippen MR) is 82.9 cm³/mol. The van der Waals surface area contributed by atoms with Crippen LogP contribution in [-0.2, 0) is 0 Å². The van der Waals surface area contributed by atoms with E-state index in [4.69, 9.17) is 4.43 Å². The van der Waals surface area contributed by atoms with Crippen molar-refractivity contribution in [1.82, 2.24) is 0 Å². The van der Waals surface area contributed by atoms with E-state index in [-0.39, 0.29) is 0 Å². The lowest BCUT2D eigenvalue weighted by atomic mass is 10.2. The molecule has 0 bridgehead atoms. The van der Waals surface area contributed by atoms with Crippen LogP contribution in [0, 0.1) is 6.92 Å². The molecule has 18 heavy (non-hydrogen) atoms. The minimum Gasteiger partial charge on any atom is -0.543 e. The largest absolute Gasteiger partial charge is 0.543 e. The molecule has 0 unspecified atom stereocenters. The summed E-state index contributed by atoms with van der Waals surface area (Å²) in [5.74, 6) is 1.09. The summed E-state index contributed by atoms with van der Waals surface area (Å²) in [4.78, 5) is 0. The number of hydrogen-bond donors (Lipinski definition) is 0. The molecule has 1 aromatic carbocycles. The van der Waals surface area contributed by atoms with E-state index < -0.39 is 8.32 Å². The molecule has 0 aliphatic rings. The highest BCUT2D eigenvalue weighted by atomic mass is 28.4. The van der Waals surface area contributed by atoms with E-state index in [2.05, 4.69) is 52.0 Å². The number of rotatable bonds is 8. The van der Waals surface area contributed by atoms with Gasteiger partial charge in [-0.05, 0) is 42.8 Å². The first kappa shape index (κ1) is 15.3. The lowest BCUT2D eigenvalue weighted by Crippen LogP contribution is -2.41. The number of hydrogen-bond acceptors (Lipinski definition) is 1. The average molecular weight is 264 g/mol. The van der Waals surface area contributed by atoms with E-state index >= 15 is 0 Å². The summed E-state index contributed by atoms with van der Waals surface area (Å²) in [6, 6.07) is 12.4. The van der Waals surface area contributed by atoms with Crippen molar-refractivity contribution in [2.75, 3.05) is 0 Å². The quantitative estimate of drug-likeness (QED) is 0.559. The molecule has 0 aliphatic carbocycles. The molecule has 0 heterocycles. The van der Waals surface area contributed by atoms with E-state index in [1.165, 1.54) is 43.0 Å². The molecule has 0 aromatic heterocycles. The van der Waals surface area contributed by atoms with E-state index in [1.807, 2.05) is 0 Å². The molecule has 0 spiro atoms. The molecule has 0 saturated heterocycles. The van der Waals surface area contributed by atoms with Crippen molar-refractivity contribution < 1.29 is 4.43 Å². The van der Waals surface area contributed by atoms with Crippen molar-refractivity contribution in [3.63, 3.8) is 0 Å². The minimum absolute atomic E-state index is 1.09. The van der Waals surface area contributed by atoms with Crippen LogP contribution in [0.1, 0.15) is 45.6 Å². The summed E-state index contributed by atoms with van der Waals surface area (Å²) in [7, 11) is -1.56. The Bertz CT molecular complexity index is 332. The second-order valence-corrected chi connectivity index (χ2v) is 9.42. The van der Waals surface area contributed by atoms with Crippen LogP contribution < -0.4 is 4.43 Å². The Labute approximate surface area is 114 Å². The van der Waals surface area contributed by atoms with Gasteiger partial charge in [-0.2, -0.15) is 0 Å². The van der Waals surface area contributed by atoms with Crippen molar-refractivity contribution in [2.45, 2.75) is 65.1 Å². The van der Waals surface area contributed by atoms with Crippen LogP contribution in [-0.4, -0.2) is 8.32 Å². The molecule has 2 heteroatoms. The van der Waals surface area contributed by atoms with Gasteiger partial charge in [-0.15, -0.1) is 0 Å². The van der Waals surface area contributed by atoms with E-state index in [9.17, 15) is 0 Å². The third kappa shape index (κ3) is 4.49. The van der Waals surface area contributed by atoms with Gasteiger partial charge in [0, 0.05) is 0 Å². The second-order valence-electron chi connectivity index (χ2n) is 5.35. The van der Waals surface area contributed by atoms with Crippen molar-refractivity contribution in [1.29, 1.82) is 0 Å². The van der Waals surface area contributed by atoms with Crippen molar-refractivity contribution in [2.24, 2.45) is 0 Å². The zero-order valence-electron chi connectivity index (χ0n) is 12.5. The monoisotopic (exact) mass is 264 g/mol. The van der Waals surface area contributed by atoms with Crippen LogP contribution in [0.2, 0.25) is 18.1 Å². The van der Waals surface area contributed by atoms with Gasteiger partial charge >= 0.3 is 0 Å². The van der Waals surface area contributed by atoms with Gasteiger partial charge in [-0.25, -0.2) is 0 Å². The zero-order chi connectivity index (χ0) is 13.4. The highest BCUT2D eigenvalue weighted by Gasteiger charge is 2.34. The molecule has 0 fully saturated rings. The summed E-state index contributed by atoms with van der Waals surface area (Å²) >= 11 is 0. The van der Waals surface area contributed by atoms with E-state index in [1.54, 1.807) is 0 Å². The molecule has 0 atom stereocenters. The van der Waals surface area contributed by atoms with Crippen LogP contribution in [0.25, 0.3) is 0 Å². The van der Waals surface area contributed by atoms with Crippen LogP contribution in [0.4, 0.5) is 0 Å². The van der Waals surface area contributed by atoms with Crippen LogP contribution in [0.3, 0.4) is 0 Å². The van der Waals surface area contributed by atoms with E-state index in [0.29, 0.717) is 0 Å². The first-order valence-corrected chi connectivity index (χ1v) is 9.94. The fraction of sp³-hybridized carbons (Fsp3) is 0.625. The maximum absolute atomic E-state index is 6.54. The van der Waals surface area contributed by atoms with Gasteiger partial charge in [0.2, 0.25) is 0 Å². The maximum atomic E-state index is 6.54. The lowest BCUT2D eigenvalue weighted by Gasteiger charge is -2.32. The highest BCUT2D eigenvalue weighted by Crippen LogP contribution is 2.29. The van der Waals surface area contributed by atoms with Crippen LogP contribution in [0.5, 0.6) is 5.75 Å². The minimum atomic E-state index is -1.56. The fourth-order valence-electron chi connectivity index (χ4n) is 2.82. The summed E-state index contributed by atoms with van der Waals surface area (Å²) in [6.07, 6.45) is 3.74. The molecule has 0 amide bonds. The Morgan fingerprint density at radius 2 is 1.50 bits per heavy atom. The van der Waals surface area contributed by atoms with E-state index in [0.717, 1.165) is 5.75 Å². The molecule has 0 saturated carbocycles. The Hall–Kier alpha value is -0.763. The Kier molecular flexibility index (Phi) is 6.48. The Balaban J connectivity index is 2.87. The normalized spacial score (nSPS) is 11.6. The molecule has 0 aliphatic heterocycles. The SMILES string of the molecule is CCC[Si](CCC)(CCC)Oc1cccc(C)c1.